The Morgan fingerprint density at radius 1 is 1.37 bits per heavy atom. The Balaban J connectivity index is 1.78. The Bertz CT molecular complexity index is 310. The fourth-order valence-electron chi connectivity index (χ4n) is 2.95. The molecular formula is C13H24N2O4. The fraction of sp³-hybridized carbons (Fsp3) is 0.923. The topological polar surface area (TPSA) is 73.2 Å². The van der Waals surface area contributed by atoms with Crippen molar-refractivity contribution < 1.29 is 19.7 Å². The van der Waals surface area contributed by atoms with Crippen LogP contribution in [0.25, 0.3) is 0 Å². The minimum Gasteiger partial charge on any atom is -0.465 e. The molecule has 0 unspecified atom stereocenters. The van der Waals surface area contributed by atoms with Crippen LogP contribution >= 0.6 is 0 Å². The molecule has 0 aromatic heterocycles. The first-order chi connectivity index (χ1) is 9.00. The SMILES string of the molecule is CN(C(=O)O)C1CCN(CC2(O)CCOCC2)CC1. The first-order valence-corrected chi connectivity index (χ1v) is 6.98. The van der Waals surface area contributed by atoms with Crippen molar-refractivity contribution in [2.45, 2.75) is 37.3 Å². The number of hydrogen-bond donors (Lipinski definition) is 2. The van der Waals surface area contributed by atoms with Gasteiger partial charge in [-0.2, -0.15) is 0 Å². The second-order valence-electron chi connectivity index (χ2n) is 5.74. The molecule has 0 radical (unpaired) electrons. The molecule has 0 saturated carbocycles. The Morgan fingerprint density at radius 2 is 1.95 bits per heavy atom. The van der Waals surface area contributed by atoms with E-state index in [-0.39, 0.29) is 6.04 Å². The zero-order valence-electron chi connectivity index (χ0n) is 11.5. The predicted octanol–water partition coefficient (Wildman–Crippen LogP) is 0.602. The van der Waals surface area contributed by atoms with E-state index in [9.17, 15) is 9.90 Å². The molecule has 6 nitrogen and oxygen atoms in total. The molecule has 0 atom stereocenters. The number of β-amino-alcohol motifs (C(OH)–C–C–N with tert-alkyl or cyclic N) is 1. The Labute approximate surface area is 113 Å². The summed E-state index contributed by atoms with van der Waals surface area (Å²) < 4.78 is 5.28. The third-order valence-electron chi connectivity index (χ3n) is 4.35. The maximum absolute atomic E-state index is 10.9. The van der Waals surface area contributed by atoms with E-state index in [0.717, 1.165) is 25.9 Å². The molecule has 19 heavy (non-hydrogen) atoms. The molecule has 2 N–H and O–H groups in total. The molecule has 2 rings (SSSR count). The van der Waals surface area contributed by atoms with Gasteiger partial charge in [-0.15, -0.1) is 0 Å². The van der Waals surface area contributed by atoms with Gasteiger partial charge < -0.3 is 24.7 Å². The summed E-state index contributed by atoms with van der Waals surface area (Å²) in [5.74, 6) is 0. The van der Waals surface area contributed by atoms with Crippen LogP contribution in [-0.4, -0.2) is 77.6 Å². The number of aliphatic hydroxyl groups is 1. The Hall–Kier alpha value is -0.850. The van der Waals surface area contributed by atoms with Gasteiger partial charge in [0.2, 0.25) is 0 Å². The van der Waals surface area contributed by atoms with E-state index in [0.29, 0.717) is 32.6 Å². The molecule has 0 aliphatic carbocycles. The minimum atomic E-state index is -0.860. The highest BCUT2D eigenvalue weighted by molar-refractivity contribution is 5.64. The van der Waals surface area contributed by atoms with E-state index in [1.165, 1.54) is 4.90 Å². The van der Waals surface area contributed by atoms with Crippen molar-refractivity contribution in [1.82, 2.24) is 9.80 Å². The van der Waals surface area contributed by atoms with Crippen LogP contribution < -0.4 is 0 Å². The fourth-order valence-corrected chi connectivity index (χ4v) is 2.95. The lowest BCUT2D eigenvalue weighted by Gasteiger charge is -2.41. The third kappa shape index (κ3) is 3.81. The summed E-state index contributed by atoms with van der Waals surface area (Å²) in [6.45, 7) is 3.65. The molecule has 0 aromatic rings. The quantitative estimate of drug-likeness (QED) is 0.787. The molecule has 0 bridgehead atoms. The maximum Gasteiger partial charge on any atom is 0.407 e. The summed E-state index contributed by atoms with van der Waals surface area (Å²) in [7, 11) is 1.63. The number of likely N-dealkylation sites (tertiary alicyclic amines) is 1. The van der Waals surface area contributed by atoms with Gasteiger partial charge >= 0.3 is 6.09 Å². The van der Waals surface area contributed by atoms with Crippen molar-refractivity contribution >= 4 is 6.09 Å². The largest absolute Gasteiger partial charge is 0.465 e. The van der Waals surface area contributed by atoms with E-state index in [1.54, 1.807) is 7.05 Å². The summed E-state index contributed by atoms with van der Waals surface area (Å²) in [6.07, 6.45) is 2.22. The van der Waals surface area contributed by atoms with Crippen LogP contribution in [0.3, 0.4) is 0 Å². The van der Waals surface area contributed by atoms with Crippen LogP contribution in [0.15, 0.2) is 0 Å². The molecule has 0 spiro atoms. The van der Waals surface area contributed by atoms with Gasteiger partial charge in [-0.3, -0.25) is 0 Å². The first-order valence-electron chi connectivity index (χ1n) is 6.98. The Kier molecular flexibility index (Phi) is 4.65. The number of amides is 1. The van der Waals surface area contributed by atoms with Gasteiger partial charge in [0.15, 0.2) is 0 Å². The highest BCUT2D eigenvalue weighted by Crippen LogP contribution is 2.24. The summed E-state index contributed by atoms with van der Waals surface area (Å²) in [4.78, 5) is 14.6. The first kappa shape index (κ1) is 14.6. The lowest BCUT2D eigenvalue weighted by atomic mass is 9.92. The molecule has 2 saturated heterocycles. The number of hydrogen-bond acceptors (Lipinski definition) is 4. The van der Waals surface area contributed by atoms with Gasteiger partial charge in [0.25, 0.3) is 0 Å². The van der Waals surface area contributed by atoms with E-state index >= 15 is 0 Å². The van der Waals surface area contributed by atoms with Gasteiger partial charge in [0.1, 0.15) is 0 Å². The molecule has 0 aromatic carbocycles. The predicted molar refractivity (Wildman–Crippen MR) is 70.3 cm³/mol. The molecule has 1 amide bonds. The van der Waals surface area contributed by atoms with E-state index in [4.69, 9.17) is 9.84 Å². The van der Waals surface area contributed by atoms with Crippen molar-refractivity contribution in [3.05, 3.63) is 0 Å². The van der Waals surface area contributed by atoms with Crippen LogP contribution in [0.4, 0.5) is 4.79 Å². The monoisotopic (exact) mass is 272 g/mol. The number of nitrogens with zero attached hydrogens (tertiary/aromatic N) is 2. The van der Waals surface area contributed by atoms with E-state index in [1.807, 2.05) is 0 Å². The van der Waals surface area contributed by atoms with Crippen LogP contribution in [-0.2, 0) is 4.74 Å². The van der Waals surface area contributed by atoms with Crippen molar-refractivity contribution in [1.29, 1.82) is 0 Å². The molecule has 110 valence electrons. The summed E-state index contributed by atoms with van der Waals surface area (Å²) >= 11 is 0. The summed E-state index contributed by atoms with van der Waals surface area (Å²) in [5, 5.41) is 19.4. The number of carbonyl (C=O) groups is 1. The second kappa shape index (κ2) is 6.07. The molecule has 2 aliphatic heterocycles. The van der Waals surface area contributed by atoms with Crippen molar-refractivity contribution in [3.63, 3.8) is 0 Å². The van der Waals surface area contributed by atoms with Crippen molar-refractivity contribution in [3.8, 4) is 0 Å². The van der Waals surface area contributed by atoms with Crippen LogP contribution in [0, 0.1) is 0 Å². The van der Waals surface area contributed by atoms with E-state index < -0.39 is 11.7 Å². The molecule has 2 fully saturated rings. The molecule has 2 aliphatic rings. The summed E-state index contributed by atoms with van der Waals surface area (Å²) in [5.41, 5.74) is -0.621. The normalized spacial score (nSPS) is 25.2. The second-order valence-corrected chi connectivity index (χ2v) is 5.74. The van der Waals surface area contributed by atoms with Gasteiger partial charge in [-0.1, -0.05) is 0 Å². The van der Waals surface area contributed by atoms with Gasteiger partial charge in [0, 0.05) is 58.8 Å². The molecule has 2 heterocycles. The van der Waals surface area contributed by atoms with Gasteiger partial charge in [-0.05, 0) is 12.8 Å². The number of piperidine rings is 1. The van der Waals surface area contributed by atoms with Crippen LogP contribution in [0.2, 0.25) is 0 Å². The lowest BCUT2D eigenvalue weighted by molar-refractivity contribution is -0.0833. The van der Waals surface area contributed by atoms with E-state index in [2.05, 4.69) is 4.90 Å². The molecular weight excluding hydrogens is 248 g/mol. The average Bonchev–Trinajstić information content (AvgIpc) is 2.39. The van der Waals surface area contributed by atoms with Crippen LogP contribution in [0.1, 0.15) is 25.7 Å². The number of carboxylic acid groups (broad SMARTS) is 1. The third-order valence-corrected chi connectivity index (χ3v) is 4.35. The highest BCUT2D eigenvalue weighted by atomic mass is 16.5. The van der Waals surface area contributed by atoms with Crippen molar-refractivity contribution in [2.24, 2.45) is 0 Å². The lowest BCUT2D eigenvalue weighted by Crippen LogP contribution is -2.51. The smallest absolute Gasteiger partial charge is 0.407 e. The van der Waals surface area contributed by atoms with Gasteiger partial charge in [-0.25, -0.2) is 4.79 Å². The van der Waals surface area contributed by atoms with Crippen LogP contribution in [0.5, 0.6) is 0 Å². The molecule has 6 heteroatoms. The minimum absolute atomic E-state index is 0.109. The van der Waals surface area contributed by atoms with Gasteiger partial charge in [0.05, 0.1) is 5.60 Å². The van der Waals surface area contributed by atoms with Crippen molar-refractivity contribution in [2.75, 3.05) is 39.9 Å². The maximum atomic E-state index is 10.9. The Morgan fingerprint density at radius 3 is 2.47 bits per heavy atom. The standard InChI is InChI=1S/C13H24N2O4/c1-14(12(16)17)11-2-6-15(7-3-11)10-13(18)4-8-19-9-5-13/h11,18H,2-10H2,1H3,(H,16,17). The number of rotatable bonds is 3. The average molecular weight is 272 g/mol. The number of ether oxygens (including phenoxy) is 1. The zero-order valence-corrected chi connectivity index (χ0v) is 11.5. The zero-order chi connectivity index (χ0) is 13.9. The summed E-state index contributed by atoms with van der Waals surface area (Å²) in [6, 6.07) is 0.109. The highest BCUT2D eigenvalue weighted by Gasteiger charge is 2.34.